The van der Waals surface area contributed by atoms with E-state index in [0.717, 1.165) is 32.8 Å². The zero-order valence-corrected chi connectivity index (χ0v) is 24.2. The Hall–Kier alpha value is -4.13. The fourth-order valence-electron chi connectivity index (χ4n) is 6.70. The monoisotopic (exact) mass is 596 g/mol. The molecule has 3 aliphatic carbocycles. The number of ether oxygens (including phenoxy) is 2. The van der Waals surface area contributed by atoms with Crippen LogP contribution in [0.4, 0.5) is 0 Å². The van der Waals surface area contributed by atoms with Gasteiger partial charge in [0.15, 0.2) is 11.5 Å². The molecule has 1 fully saturated rings. The van der Waals surface area contributed by atoms with Crippen molar-refractivity contribution in [3.05, 3.63) is 128 Å². The summed E-state index contributed by atoms with van der Waals surface area (Å²) in [5.41, 5.74) is 5.99. The van der Waals surface area contributed by atoms with Gasteiger partial charge in [-0.3, -0.25) is 9.59 Å². The molecule has 210 valence electrons. The Labute approximate surface area is 253 Å². The van der Waals surface area contributed by atoms with Crippen molar-refractivity contribution in [3.63, 3.8) is 0 Å². The molecule has 0 aromatic heterocycles. The molecule has 2 amide bonds. The van der Waals surface area contributed by atoms with Gasteiger partial charge in [0.25, 0.3) is 11.8 Å². The first kappa shape index (κ1) is 26.7. The van der Waals surface area contributed by atoms with E-state index >= 15 is 0 Å². The van der Waals surface area contributed by atoms with E-state index in [4.69, 9.17) is 32.7 Å². The molecule has 4 aromatic rings. The molecule has 4 aliphatic rings. The van der Waals surface area contributed by atoms with Gasteiger partial charge in [0.2, 0.25) is 0 Å². The van der Waals surface area contributed by atoms with E-state index in [1.165, 1.54) is 6.21 Å². The van der Waals surface area contributed by atoms with Crippen LogP contribution < -0.4 is 9.47 Å². The minimum absolute atomic E-state index is 0.180. The molecule has 1 heterocycles. The van der Waals surface area contributed by atoms with Crippen LogP contribution >= 0.6 is 23.2 Å². The van der Waals surface area contributed by atoms with Gasteiger partial charge in [0, 0.05) is 16.9 Å². The van der Waals surface area contributed by atoms with Crippen LogP contribution in [0.1, 0.15) is 52.1 Å². The standard InChI is InChI=1S/C34H26Cl2N2O4/c1-2-41-27-16-20(15-26(36)32(27)42-18-19-11-13-21(35)14-12-19)17-37-38-33(39)30-28-22-7-3-4-8-23(22)29(31(30)34(38)40)25-10-6-5-9-24(25)28/h3-17,28-31H,2,18H2,1H3/b37-17-/t28?,29?,30-,31-/m1/s1. The smallest absolute Gasteiger partial charge is 0.254 e. The summed E-state index contributed by atoms with van der Waals surface area (Å²) in [4.78, 5) is 27.6. The van der Waals surface area contributed by atoms with Crippen LogP contribution in [0, 0.1) is 11.8 Å². The van der Waals surface area contributed by atoms with Gasteiger partial charge in [-0.25, -0.2) is 0 Å². The van der Waals surface area contributed by atoms with Gasteiger partial charge in [-0.1, -0.05) is 83.9 Å². The van der Waals surface area contributed by atoms with Crippen molar-refractivity contribution in [1.29, 1.82) is 0 Å². The van der Waals surface area contributed by atoms with Gasteiger partial charge in [0.05, 0.1) is 29.7 Å². The third-order valence-corrected chi connectivity index (χ3v) is 8.91. The number of benzene rings is 4. The first-order chi connectivity index (χ1) is 20.5. The third-order valence-electron chi connectivity index (χ3n) is 8.38. The van der Waals surface area contributed by atoms with Crippen LogP contribution in [0.3, 0.4) is 0 Å². The molecule has 8 heteroatoms. The molecule has 6 nitrogen and oxygen atoms in total. The van der Waals surface area contributed by atoms with Crippen molar-refractivity contribution in [1.82, 2.24) is 5.01 Å². The summed E-state index contributed by atoms with van der Waals surface area (Å²) in [5.74, 6) is -1.06. The van der Waals surface area contributed by atoms with Gasteiger partial charge in [-0.15, -0.1) is 0 Å². The molecule has 0 spiro atoms. The molecule has 0 N–H and O–H groups in total. The number of hydrogen-bond acceptors (Lipinski definition) is 5. The first-order valence-electron chi connectivity index (χ1n) is 13.9. The summed E-state index contributed by atoms with van der Waals surface area (Å²) >= 11 is 12.6. The van der Waals surface area contributed by atoms with Crippen molar-refractivity contribution in [3.8, 4) is 11.5 Å². The number of rotatable bonds is 7. The third kappa shape index (κ3) is 4.29. The topological polar surface area (TPSA) is 68.2 Å². The number of imide groups is 1. The van der Waals surface area contributed by atoms with E-state index in [2.05, 4.69) is 29.4 Å². The maximum atomic E-state index is 13.8. The quantitative estimate of drug-likeness (QED) is 0.167. The highest BCUT2D eigenvalue weighted by Crippen LogP contribution is 2.61. The Kier molecular flexibility index (Phi) is 6.76. The summed E-state index contributed by atoms with van der Waals surface area (Å²) in [6, 6.07) is 27.1. The van der Waals surface area contributed by atoms with Crippen LogP contribution in [0.25, 0.3) is 0 Å². The summed E-state index contributed by atoms with van der Waals surface area (Å²) < 4.78 is 11.8. The van der Waals surface area contributed by atoms with Crippen LogP contribution in [0.5, 0.6) is 11.5 Å². The molecule has 42 heavy (non-hydrogen) atoms. The summed E-state index contributed by atoms with van der Waals surface area (Å²) in [6.07, 6.45) is 1.48. The van der Waals surface area contributed by atoms with E-state index in [1.807, 2.05) is 43.3 Å². The molecule has 0 radical (unpaired) electrons. The van der Waals surface area contributed by atoms with E-state index < -0.39 is 11.8 Å². The van der Waals surface area contributed by atoms with Crippen LogP contribution in [0.15, 0.2) is 90.0 Å². The Morgan fingerprint density at radius 2 is 1.33 bits per heavy atom. The van der Waals surface area contributed by atoms with Crippen molar-refractivity contribution in [2.24, 2.45) is 16.9 Å². The van der Waals surface area contributed by atoms with Gasteiger partial charge in [-0.2, -0.15) is 10.1 Å². The number of amides is 2. The van der Waals surface area contributed by atoms with Gasteiger partial charge < -0.3 is 9.47 Å². The molecule has 0 saturated carbocycles. The maximum absolute atomic E-state index is 13.8. The maximum Gasteiger partial charge on any atom is 0.254 e. The molecule has 2 atom stereocenters. The lowest BCUT2D eigenvalue weighted by Crippen LogP contribution is -2.41. The number of hydrazone groups is 1. The molecule has 8 rings (SSSR count). The predicted molar refractivity (Wildman–Crippen MR) is 161 cm³/mol. The minimum Gasteiger partial charge on any atom is -0.490 e. The lowest BCUT2D eigenvalue weighted by molar-refractivity contribution is -0.139. The average molecular weight is 597 g/mol. The SMILES string of the molecule is CCOc1cc(/C=N\N2C(=O)[C@@H]3C4c5ccccc5C(c5ccccc54)[C@H]3C2=O)cc(Cl)c1OCc1ccc(Cl)cc1. The number of hydrogen-bond donors (Lipinski definition) is 0. The van der Waals surface area contributed by atoms with E-state index in [9.17, 15) is 9.59 Å². The Morgan fingerprint density at radius 1 is 0.786 bits per heavy atom. The van der Waals surface area contributed by atoms with Gasteiger partial charge in [0.1, 0.15) is 6.61 Å². The largest absolute Gasteiger partial charge is 0.490 e. The Morgan fingerprint density at radius 3 is 1.86 bits per heavy atom. The zero-order chi connectivity index (χ0) is 29.0. The molecule has 0 unspecified atom stereocenters. The Bertz CT molecular complexity index is 1640. The fraction of sp³-hybridized carbons (Fsp3) is 0.206. The van der Waals surface area contributed by atoms with Crippen molar-refractivity contribution in [2.45, 2.75) is 25.4 Å². The fourth-order valence-corrected chi connectivity index (χ4v) is 7.10. The minimum atomic E-state index is -0.490. The van der Waals surface area contributed by atoms with Gasteiger partial charge in [-0.05, 0) is 64.6 Å². The summed E-state index contributed by atoms with van der Waals surface area (Å²) in [5, 5.41) is 6.44. The van der Waals surface area contributed by atoms with Crippen LogP contribution in [-0.2, 0) is 16.2 Å². The molecule has 1 saturated heterocycles. The average Bonchev–Trinajstić information content (AvgIpc) is 3.26. The van der Waals surface area contributed by atoms with E-state index in [1.54, 1.807) is 24.3 Å². The van der Waals surface area contributed by atoms with Crippen molar-refractivity contribution >= 4 is 41.2 Å². The highest BCUT2D eigenvalue weighted by atomic mass is 35.5. The van der Waals surface area contributed by atoms with Crippen molar-refractivity contribution in [2.75, 3.05) is 6.61 Å². The summed E-state index contributed by atoms with van der Waals surface area (Å²) in [6.45, 7) is 2.53. The normalized spacial score (nSPS) is 21.8. The van der Waals surface area contributed by atoms with Crippen LogP contribution in [-0.4, -0.2) is 29.6 Å². The zero-order valence-electron chi connectivity index (χ0n) is 22.7. The lowest BCUT2D eigenvalue weighted by Gasteiger charge is -2.45. The molecule has 4 aromatic carbocycles. The van der Waals surface area contributed by atoms with E-state index in [-0.39, 0.29) is 30.3 Å². The Balaban J connectivity index is 1.18. The second kappa shape index (κ2) is 10.6. The number of halogens is 2. The highest BCUT2D eigenvalue weighted by molar-refractivity contribution is 6.32. The molecular formula is C34H26Cl2N2O4. The number of nitrogens with zero attached hydrogens (tertiary/aromatic N) is 2. The lowest BCUT2D eigenvalue weighted by atomic mass is 9.55. The highest BCUT2D eigenvalue weighted by Gasteiger charge is 2.61. The predicted octanol–water partition coefficient (Wildman–Crippen LogP) is 7.20. The second-order valence-corrected chi connectivity index (χ2v) is 11.5. The second-order valence-electron chi connectivity index (χ2n) is 10.7. The number of carbonyl (C=O) groups excluding carboxylic acids is 2. The van der Waals surface area contributed by atoms with Crippen LogP contribution in [0.2, 0.25) is 10.0 Å². The number of carbonyl (C=O) groups is 2. The molecular weight excluding hydrogens is 571 g/mol. The first-order valence-corrected chi connectivity index (χ1v) is 14.6. The summed E-state index contributed by atoms with van der Waals surface area (Å²) in [7, 11) is 0. The molecule has 1 aliphatic heterocycles. The van der Waals surface area contributed by atoms with E-state index in [0.29, 0.717) is 33.7 Å². The van der Waals surface area contributed by atoms with Gasteiger partial charge >= 0.3 is 0 Å². The van der Waals surface area contributed by atoms with Crippen molar-refractivity contribution < 1.29 is 19.1 Å². The molecule has 2 bridgehead atoms.